The number of nitrogens with two attached hydrogens (primary N) is 1. The van der Waals surface area contributed by atoms with Crippen LogP contribution < -0.4 is 11.1 Å². The zero-order valence-corrected chi connectivity index (χ0v) is 8.03. The molecule has 0 unspecified atom stereocenters. The number of carbonyl (C=O) groups excluding carboxylic acids is 1. The summed E-state index contributed by atoms with van der Waals surface area (Å²) in [7, 11) is 0. The van der Waals surface area contributed by atoms with Gasteiger partial charge in [0, 0.05) is 12.2 Å². The first kappa shape index (κ1) is 10.5. The van der Waals surface area contributed by atoms with E-state index in [0.717, 1.165) is 0 Å². The van der Waals surface area contributed by atoms with Crippen LogP contribution in [0.15, 0.2) is 24.3 Å². The lowest BCUT2D eigenvalue weighted by atomic mass is 10.1. The molecule has 0 saturated heterocycles. The summed E-state index contributed by atoms with van der Waals surface area (Å²) in [4.78, 5) is 11.5. The third-order valence-electron chi connectivity index (χ3n) is 1.76. The molecule has 0 radical (unpaired) electrons. The van der Waals surface area contributed by atoms with Gasteiger partial charge in [-0.3, -0.25) is 4.79 Å². The molecule has 0 aliphatic rings. The Morgan fingerprint density at radius 3 is 2.79 bits per heavy atom. The third kappa shape index (κ3) is 2.74. The molecule has 76 valence electrons. The lowest BCUT2D eigenvalue weighted by molar-refractivity contribution is 0.0925. The SMILES string of the molecule is C[C@@H](O)CNC(=O)c1ccccc1N. The van der Waals surface area contributed by atoms with Crippen LogP contribution in [0.4, 0.5) is 5.69 Å². The largest absolute Gasteiger partial charge is 0.398 e. The maximum atomic E-state index is 11.5. The van der Waals surface area contributed by atoms with Crippen LogP contribution in [0.25, 0.3) is 0 Å². The summed E-state index contributed by atoms with van der Waals surface area (Å²) < 4.78 is 0. The Morgan fingerprint density at radius 1 is 1.57 bits per heavy atom. The van der Waals surface area contributed by atoms with Gasteiger partial charge in [-0.15, -0.1) is 0 Å². The highest BCUT2D eigenvalue weighted by atomic mass is 16.3. The molecular formula is C10H14N2O2. The number of nitrogens with one attached hydrogen (secondary N) is 1. The van der Waals surface area contributed by atoms with Crippen molar-refractivity contribution in [2.45, 2.75) is 13.0 Å². The van der Waals surface area contributed by atoms with Gasteiger partial charge in [-0.25, -0.2) is 0 Å². The minimum absolute atomic E-state index is 0.229. The number of carbonyl (C=O) groups is 1. The lowest BCUT2D eigenvalue weighted by Gasteiger charge is -2.08. The molecular weight excluding hydrogens is 180 g/mol. The molecule has 0 aromatic heterocycles. The fourth-order valence-corrected chi connectivity index (χ4v) is 1.04. The quantitative estimate of drug-likeness (QED) is 0.609. The summed E-state index contributed by atoms with van der Waals surface area (Å²) in [5.41, 5.74) is 6.48. The predicted octanol–water partition coefficient (Wildman–Crippen LogP) is 0.379. The summed E-state index contributed by atoms with van der Waals surface area (Å²) in [5.74, 6) is -0.260. The van der Waals surface area contributed by atoms with Crippen molar-refractivity contribution in [1.29, 1.82) is 0 Å². The molecule has 1 amide bonds. The molecule has 0 spiro atoms. The van der Waals surface area contributed by atoms with E-state index in [2.05, 4.69) is 5.32 Å². The zero-order chi connectivity index (χ0) is 10.6. The smallest absolute Gasteiger partial charge is 0.253 e. The van der Waals surface area contributed by atoms with Crippen molar-refractivity contribution in [3.8, 4) is 0 Å². The second-order valence-corrected chi connectivity index (χ2v) is 3.15. The third-order valence-corrected chi connectivity index (χ3v) is 1.76. The Hall–Kier alpha value is -1.55. The van der Waals surface area contributed by atoms with E-state index in [0.29, 0.717) is 11.3 Å². The van der Waals surface area contributed by atoms with E-state index in [4.69, 9.17) is 10.8 Å². The van der Waals surface area contributed by atoms with Crippen molar-refractivity contribution in [2.75, 3.05) is 12.3 Å². The van der Waals surface area contributed by atoms with Crippen LogP contribution in [-0.4, -0.2) is 23.7 Å². The fraction of sp³-hybridized carbons (Fsp3) is 0.300. The predicted molar refractivity (Wildman–Crippen MR) is 54.9 cm³/mol. The summed E-state index contributed by atoms with van der Waals surface area (Å²) in [6.07, 6.45) is -0.552. The summed E-state index contributed by atoms with van der Waals surface area (Å²) >= 11 is 0. The first-order valence-electron chi connectivity index (χ1n) is 4.42. The molecule has 1 atom stereocenters. The van der Waals surface area contributed by atoms with Crippen LogP contribution in [0.2, 0.25) is 0 Å². The number of amides is 1. The van der Waals surface area contributed by atoms with Crippen molar-refractivity contribution in [1.82, 2.24) is 5.32 Å². The van der Waals surface area contributed by atoms with E-state index in [9.17, 15) is 4.79 Å². The molecule has 0 heterocycles. The first-order valence-corrected chi connectivity index (χ1v) is 4.42. The van der Waals surface area contributed by atoms with Crippen LogP contribution in [-0.2, 0) is 0 Å². The van der Waals surface area contributed by atoms with Gasteiger partial charge in [0.05, 0.1) is 11.7 Å². The minimum Gasteiger partial charge on any atom is -0.398 e. The molecule has 4 N–H and O–H groups in total. The van der Waals surface area contributed by atoms with E-state index >= 15 is 0 Å². The van der Waals surface area contributed by atoms with Gasteiger partial charge >= 0.3 is 0 Å². The number of aliphatic hydroxyl groups excluding tert-OH is 1. The first-order chi connectivity index (χ1) is 6.61. The number of rotatable bonds is 3. The number of benzene rings is 1. The second kappa shape index (κ2) is 4.62. The molecule has 1 aromatic rings. The summed E-state index contributed by atoms with van der Waals surface area (Å²) in [6, 6.07) is 6.82. The van der Waals surface area contributed by atoms with E-state index < -0.39 is 6.10 Å². The second-order valence-electron chi connectivity index (χ2n) is 3.15. The van der Waals surface area contributed by atoms with Gasteiger partial charge in [0.15, 0.2) is 0 Å². The monoisotopic (exact) mass is 194 g/mol. The van der Waals surface area contributed by atoms with Crippen molar-refractivity contribution < 1.29 is 9.90 Å². The van der Waals surface area contributed by atoms with Crippen LogP contribution in [0.3, 0.4) is 0 Å². The zero-order valence-electron chi connectivity index (χ0n) is 8.03. The maximum Gasteiger partial charge on any atom is 0.253 e. The van der Waals surface area contributed by atoms with Crippen molar-refractivity contribution in [3.05, 3.63) is 29.8 Å². The van der Waals surface area contributed by atoms with Gasteiger partial charge in [-0.05, 0) is 19.1 Å². The molecule has 0 saturated carbocycles. The van der Waals surface area contributed by atoms with Gasteiger partial charge in [-0.2, -0.15) is 0 Å². The van der Waals surface area contributed by atoms with Gasteiger partial charge in [0.25, 0.3) is 5.91 Å². The van der Waals surface area contributed by atoms with Gasteiger partial charge in [0.1, 0.15) is 0 Å². The van der Waals surface area contributed by atoms with E-state index in [1.807, 2.05) is 0 Å². The molecule has 1 rings (SSSR count). The van der Waals surface area contributed by atoms with E-state index in [-0.39, 0.29) is 12.5 Å². The Morgan fingerprint density at radius 2 is 2.21 bits per heavy atom. The fourth-order valence-electron chi connectivity index (χ4n) is 1.04. The highest BCUT2D eigenvalue weighted by molar-refractivity contribution is 5.99. The highest BCUT2D eigenvalue weighted by Gasteiger charge is 2.08. The molecule has 1 aromatic carbocycles. The molecule has 14 heavy (non-hydrogen) atoms. The van der Waals surface area contributed by atoms with E-state index in [1.54, 1.807) is 31.2 Å². The standard InChI is InChI=1S/C10H14N2O2/c1-7(13)6-12-10(14)8-4-2-3-5-9(8)11/h2-5,7,13H,6,11H2,1H3,(H,12,14)/t7-/m1/s1. The van der Waals surface area contributed by atoms with Crippen LogP contribution in [0, 0.1) is 0 Å². The Kier molecular flexibility index (Phi) is 3.48. The van der Waals surface area contributed by atoms with Crippen LogP contribution in [0.5, 0.6) is 0 Å². The molecule has 0 aliphatic carbocycles. The van der Waals surface area contributed by atoms with Crippen LogP contribution >= 0.6 is 0 Å². The number of para-hydroxylation sites is 1. The number of hydrogen-bond acceptors (Lipinski definition) is 3. The number of aliphatic hydroxyl groups is 1. The van der Waals surface area contributed by atoms with Crippen molar-refractivity contribution >= 4 is 11.6 Å². The minimum atomic E-state index is -0.552. The number of hydrogen-bond donors (Lipinski definition) is 3. The van der Waals surface area contributed by atoms with Gasteiger partial charge in [0.2, 0.25) is 0 Å². The normalized spacial score (nSPS) is 12.1. The summed E-state index contributed by atoms with van der Waals surface area (Å²) in [5, 5.41) is 11.5. The molecule has 0 fully saturated rings. The molecule has 0 bridgehead atoms. The van der Waals surface area contributed by atoms with Gasteiger partial charge < -0.3 is 16.2 Å². The van der Waals surface area contributed by atoms with E-state index in [1.165, 1.54) is 0 Å². The Bertz CT molecular complexity index is 324. The van der Waals surface area contributed by atoms with Crippen molar-refractivity contribution in [3.63, 3.8) is 0 Å². The molecule has 4 heteroatoms. The highest BCUT2D eigenvalue weighted by Crippen LogP contribution is 2.09. The number of anilines is 1. The molecule has 4 nitrogen and oxygen atoms in total. The van der Waals surface area contributed by atoms with Crippen LogP contribution in [0.1, 0.15) is 17.3 Å². The topological polar surface area (TPSA) is 75.3 Å². The lowest BCUT2D eigenvalue weighted by Crippen LogP contribution is -2.30. The maximum absolute atomic E-state index is 11.5. The summed E-state index contributed by atoms with van der Waals surface area (Å²) in [6.45, 7) is 1.84. The van der Waals surface area contributed by atoms with Crippen molar-refractivity contribution in [2.24, 2.45) is 0 Å². The Labute approximate surface area is 82.7 Å². The average molecular weight is 194 g/mol. The molecule has 0 aliphatic heterocycles. The van der Waals surface area contributed by atoms with Gasteiger partial charge in [-0.1, -0.05) is 12.1 Å². The number of nitrogen functional groups attached to an aromatic ring is 1. The average Bonchev–Trinajstić information content (AvgIpc) is 2.15. The Balaban J connectivity index is 2.65.